The molecule has 1 unspecified atom stereocenters. The molecule has 0 N–H and O–H groups in total. The molecule has 0 amide bonds. The highest BCUT2D eigenvalue weighted by molar-refractivity contribution is 6.28. The van der Waals surface area contributed by atoms with E-state index in [-0.39, 0.29) is 12.5 Å². The molecular formula is C42H28F6N2. The molecule has 7 aromatic carbocycles. The fraction of sp³-hybridized carbons (Fsp3) is 0.0952. The molecule has 1 aliphatic carbocycles. The van der Waals surface area contributed by atoms with Gasteiger partial charge < -0.3 is 9.80 Å². The number of alkyl halides is 6. The van der Waals surface area contributed by atoms with Crippen molar-refractivity contribution in [2.45, 2.75) is 24.8 Å². The van der Waals surface area contributed by atoms with E-state index in [0.717, 1.165) is 73.3 Å². The Morgan fingerprint density at radius 1 is 0.500 bits per heavy atom. The number of allylic oxidation sites excluding steroid dienone is 2. The normalized spacial score (nSPS) is 15.2. The molecule has 248 valence electrons. The Labute approximate surface area is 284 Å². The number of benzene rings is 7. The summed E-state index contributed by atoms with van der Waals surface area (Å²) in [7, 11) is 0. The summed E-state index contributed by atoms with van der Waals surface area (Å²) in [5.41, 5.74) is 2.48. The maximum Gasteiger partial charge on any atom is 0.416 e. The second-order valence-electron chi connectivity index (χ2n) is 12.3. The highest BCUT2D eigenvalue weighted by Gasteiger charge is 2.34. The van der Waals surface area contributed by atoms with Crippen LogP contribution in [0.3, 0.4) is 0 Å². The maximum atomic E-state index is 13.5. The molecule has 1 atom stereocenters. The van der Waals surface area contributed by atoms with Crippen molar-refractivity contribution in [3.8, 4) is 0 Å². The van der Waals surface area contributed by atoms with Crippen LogP contribution in [0.1, 0.15) is 12.0 Å². The summed E-state index contributed by atoms with van der Waals surface area (Å²) in [5, 5.41) is 5.79. The zero-order valence-electron chi connectivity index (χ0n) is 26.4. The molecule has 8 rings (SSSR count). The number of hydrogen-bond acceptors (Lipinski definition) is 2. The average molecular weight is 675 g/mol. The molecular weight excluding hydrogens is 646 g/mol. The second-order valence-corrected chi connectivity index (χ2v) is 12.3. The van der Waals surface area contributed by atoms with E-state index in [0.29, 0.717) is 5.69 Å². The Morgan fingerprint density at radius 3 is 1.56 bits per heavy atom. The van der Waals surface area contributed by atoms with Gasteiger partial charge in [-0.2, -0.15) is 26.3 Å². The topological polar surface area (TPSA) is 6.48 Å². The molecule has 7 aromatic rings. The Bertz CT molecular complexity index is 2380. The lowest BCUT2D eigenvalue weighted by atomic mass is 9.91. The van der Waals surface area contributed by atoms with E-state index in [9.17, 15) is 26.3 Å². The van der Waals surface area contributed by atoms with Gasteiger partial charge in [0.25, 0.3) is 0 Å². The van der Waals surface area contributed by atoms with Crippen LogP contribution in [0, 0.1) is 0 Å². The smallest absolute Gasteiger partial charge is 0.334 e. The van der Waals surface area contributed by atoms with Gasteiger partial charge in [-0.25, -0.2) is 0 Å². The van der Waals surface area contributed by atoms with Gasteiger partial charge >= 0.3 is 12.4 Å². The first kappa shape index (κ1) is 31.5. The van der Waals surface area contributed by atoms with Crippen molar-refractivity contribution in [1.82, 2.24) is 0 Å². The van der Waals surface area contributed by atoms with E-state index in [4.69, 9.17) is 0 Å². The quantitative estimate of drug-likeness (QED) is 0.128. The molecule has 0 radical (unpaired) electrons. The third-order valence-corrected chi connectivity index (χ3v) is 9.36. The summed E-state index contributed by atoms with van der Waals surface area (Å²) in [6.07, 6.45) is -4.68. The number of halogens is 6. The predicted octanol–water partition coefficient (Wildman–Crippen LogP) is 13.0. The van der Waals surface area contributed by atoms with Gasteiger partial charge in [0.2, 0.25) is 0 Å². The Hall–Kier alpha value is -5.76. The lowest BCUT2D eigenvalue weighted by molar-refractivity contribution is -0.137. The summed E-state index contributed by atoms with van der Waals surface area (Å²) in [5.74, 6) is 0. The molecule has 0 heterocycles. The summed E-state index contributed by atoms with van der Waals surface area (Å²) in [6, 6.07) is 40.2. The summed E-state index contributed by atoms with van der Waals surface area (Å²) in [4.78, 5) is 4.05. The molecule has 1 aliphatic rings. The predicted molar refractivity (Wildman–Crippen MR) is 190 cm³/mol. The third kappa shape index (κ3) is 5.50. The van der Waals surface area contributed by atoms with Crippen molar-refractivity contribution in [1.29, 1.82) is 0 Å². The van der Waals surface area contributed by atoms with E-state index < -0.39 is 23.5 Å². The van der Waals surface area contributed by atoms with Gasteiger partial charge in [0.1, 0.15) is 0 Å². The zero-order valence-corrected chi connectivity index (χ0v) is 26.4. The first-order chi connectivity index (χ1) is 24.1. The molecule has 0 aromatic heterocycles. The first-order valence-corrected chi connectivity index (χ1v) is 16.1. The largest absolute Gasteiger partial charge is 0.416 e. The van der Waals surface area contributed by atoms with Crippen molar-refractivity contribution in [2.24, 2.45) is 0 Å². The molecule has 0 aliphatic heterocycles. The lowest BCUT2D eigenvalue weighted by Gasteiger charge is -2.34. The lowest BCUT2D eigenvalue weighted by Crippen LogP contribution is -2.31. The Kier molecular flexibility index (Phi) is 7.55. The molecule has 50 heavy (non-hydrogen) atoms. The zero-order chi connectivity index (χ0) is 34.6. The fourth-order valence-electron chi connectivity index (χ4n) is 7.09. The van der Waals surface area contributed by atoms with Crippen LogP contribution in [0.15, 0.2) is 157 Å². The SMILES string of the molecule is FC(F)(F)C1=CCC(N(c2ccccc2)c2ccc3ccc4c(N(c5ccccc5)c5ccc(C(F)(F)F)cc5)ccc5ccc2c3c54)C=C1. The number of para-hydroxylation sites is 2. The minimum atomic E-state index is -4.46. The number of hydrogen-bond donors (Lipinski definition) is 0. The van der Waals surface area contributed by atoms with Crippen LogP contribution in [0.5, 0.6) is 0 Å². The van der Waals surface area contributed by atoms with Crippen LogP contribution < -0.4 is 9.80 Å². The summed E-state index contributed by atoms with van der Waals surface area (Å²) >= 11 is 0. The monoisotopic (exact) mass is 674 g/mol. The minimum Gasteiger partial charge on any atom is -0.334 e. The van der Waals surface area contributed by atoms with Crippen molar-refractivity contribution >= 4 is 60.8 Å². The van der Waals surface area contributed by atoms with E-state index in [1.165, 1.54) is 18.2 Å². The number of anilines is 5. The van der Waals surface area contributed by atoms with Gasteiger partial charge in [0.05, 0.1) is 22.9 Å². The molecule has 0 saturated heterocycles. The first-order valence-electron chi connectivity index (χ1n) is 16.1. The van der Waals surface area contributed by atoms with E-state index >= 15 is 0 Å². The second kappa shape index (κ2) is 12.0. The number of rotatable bonds is 6. The molecule has 0 saturated carbocycles. The van der Waals surface area contributed by atoms with E-state index in [1.807, 2.05) is 108 Å². The van der Waals surface area contributed by atoms with Crippen molar-refractivity contribution in [2.75, 3.05) is 9.80 Å². The molecule has 2 nitrogen and oxygen atoms in total. The number of nitrogens with zero attached hydrogens (tertiary/aromatic N) is 2. The van der Waals surface area contributed by atoms with Crippen LogP contribution in [-0.2, 0) is 6.18 Å². The minimum absolute atomic E-state index is 0.172. The highest BCUT2D eigenvalue weighted by atomic mass is 19.4. The van der Waals surface area contributed by atoms with Crippen molar-refractivity contribution in [3.05, 3.63) is 163 Å². The Morgan fingerprint density at radius 2 is 1.02 bits per heavy atom. The summed E-state index contributed by atoms with van der Waals surface area (Å²) in [6.45, 7) is 0. The maximum absolute atomic E-state index is 13.5. The molecule has 0 spiro atoms. The Balaban J connectivity index is 1.33. The van der Waals surface area contributed by atoms with Gasteiger partial charge in [-0.1, -0.05) is 91.0 Å². The van der Waals surface area contributed by atoms with Gasteiger partial charge in [-0.15, -0.1) is 0 Å². The van der Waals surface area contributed by atoms with Crippen LogP contribution in [-0.4, -0.2) is 12.2 Å². The van der Waals surface area contributed by atoms with E-state index in [1.54, 1.807) is 6.08 Å². The van der Waals surface area contributed by atoms with Crippen LogP contribution >= 0.6 is 0 Å². The average Bonchev–Trinajstić information content (AvgIpc) is 3.12. The van der Waals surface area contributed by atoms with Gasteiger partial charge in [0, 0.05) is 33.5 Å². The van der Waals surface area contributed by atoms with Gasteiger partial charge in [0.15, 0.2) is 0 Å². The molecule has 0 bridgehead atoms. The van der Waals surface area contributed by atoms with Crippen LogP contribution in [0.4, 0.5) is 54.8 Å². The van der Waals surface area contributed by atoms with Crippen molar-refractivity contribution in [3.63, 3.8) is 0 Å². The van der Waals surface area contributed by atoms with Gasteiger partial charge in [-0.05, 0) is 88.6 Å². The van der Waals surface area contributed by atoms with Crippen molar-refractivity contribution < 1.29 is 26.3 Å². The summed E-state index contributed by atoms with van der Waals surface area (Å²) < 4.78 is 81.2. The highest BCUT2D eigenvalue weighted by Crippen LogP contribution is 2.47. The van der Waals surface area contributed by atoms with Gasteiger partial charge in [-0.3, -0.25) is 0 Å². The van der Waals surface area contributed by atoms with Crippen LogP contribution in [0.25, 0.3) is 32.3 Å². The standard InChI is InChI=1S/C42H28F6N2/c43-41(44,45)29-15-19-33(20-16-29)49(31-7-3-1-4-8-31)37-25-13-27-12-24-36-38(26-14-28-11-23-35(37)39(27)40(28)36)50(32-9-5-2-6-10-32)34-21-17-30(18-22-34)42(46,47)48/h1-21,23-26,34H,22H2. The fourth-order valence-corrected chi connectivity index (χ4v) is 7.09. The van der Waals surface area contributed by atoms with E-state index in [2.05, 4.69) is 11.0 Å². The molecule has 8 heteroatoms. The van der Waals surface area contributed by atoms with Crippen LogP contribution in [0.2, 0.25) is 0 Å². The third-order valence-electron chi connectivity index (χ3n) is 9.36. The molecule has 0 fully saturated rings.